The van der Waals surface area contributed by atoms with Gasteiger partial charge in [-0.05, 0) is 92.2 Å². The number of aryl methyl sites for hydroxylation is 1. The Morgan fingerprint density at radius 2 is 1.55 bits per heavy atom. The van der Waals surface area contributed by atoms with E-state index in [4.69, 9.17) is 21.1 Å². The lowest BCUT2D eigenvalue weighted by Gasteiger charge is -2.11. The molecule has 0 saturated heterocycles. The maximum atomic E-state index is 12.7. The molecule has 0 bridgehead atoms. The second-order valence-corrected chi connectivity index (χ2v) is 9.07. The highest BCUT2D eigenvalue weighted by Crippen LogP contribution is 2.29. The number of carbonyl (C=O) groups excluding carboxylic acids is 3. The molecule has 40 heavy (non-hydrogen) atoms. The Morgan fingerprint density at radius 1 is 0.825 bits per heavy atom. The van der Waals surface area contributed by atoms with Crippen molar-refractivity contribution >= 4 is 41.3 Å². The van der Waals surface area contributed by atoms with Crippen molar-refractivity contribution < 1.29 is 23.9 Å². The van der Waals surface area contributed by atoms with Gasteiger partial charge >= 0.3 is 5.97 Å². The zero-order valence-corrected chi connectivity index (χ0v) is 22.6. The number of nitrogens with one attached hydrogen (secondary N) is 2. The van der Waals surface area contributed by atoms with Gasteiger partial charge in [0.05, 0.1) is 18.4 Å². The number of carbonyl (C=O) groups is 3. The van der Waals surface area contributed by atoms with Crippen LogP contribution in [0.3, 0.4) is 0 Å². The number of ether oxygens (including phenoxy) is 2. The van der Waals surface area contributed by atoms with Crippen LogP contribution in [0.4, 0.5) is 5.69 Å². The van der Waals surface area contributed by atoms with Crippen LogP contribution in [0.5, 0.6) is 11.5 Å². The lowest BCUT2D eigenvalue weighted by Crippen LogP contribution is -2.18. The monoisotopic (exact) mass is 555 g/mol. The maximum absolute atomic E-state index is 12.7. The van der Waals surface area contributed by atoms with E-state index in [-0.39, 0.29) is 11.7 Å². The minimum absolute atomic E-state index is 0.243. The molecule has 0 saturated carbocycles. The summed E-state index contributed by atoms with van der Waals surface area (Å²) >= 11 is 5.88. The van der Waals surface area contributed by atoms with Gasteiger partial charge in [0.25, 0.3) is 11.8 Å². The van der Waals surface area contributed by atoms with Gasteiger partial charge in [-0.1, -0.05) is 35.4 Å². The molecule has 0 aliphatic rings. The van der Waals surface area contributed by atoms with Crippen LogP contribution in [0.25, 0.3) is 0 Å². The second kappa shape index (κ2) is 13.2. The van der Waals surface area contributed by atoms with Gasteiger partial charge in [0.15, 0.2) is 11.5 Å². The van der Waals surface area contributed by atoms with Crippen molar-refractivity contribution in [1.82, 2.24) is 5.43 Å². The molecule has 0 spiro atoms. The third-order valence-electron chi connectivity index (χ3n) is 5.63. The van der Waals surface area contributed by atoms with Gasteiger partial charge < -0.3 is 14.8 Å². The van der Waals surface area contributed by atoms with Crippen molar-refractivity contribution in [3.8, 4) is 11.5 Å². The van der Waals surface area contributed by atoms with Crippen molar-refractivity contribution in [1.29, 1.82) is 0 Å². The number of hydrogen-bond acceptors (Lipinski definition) is 6. The first-order valence-electron chi connectivity index (χ1n) is 12.4. The Balaban J connectivity index is 1.39. The molecule has 0 radical (unpaired) electrons. The number of halogens is 1. The highest BCUT2D eigenvalue weighted by Gasteiger charge is 2.14. The Labute approximate surface area is 236 Å². The lowest BCUT2D eigenvalue weighted by atomic mass is 10.1. The topological polar surface area (TPSA) is 106 Å². The Kier molecular flexibility index (Phi) is 9.27. The molecule has 8 nitrogen and oxygen atoms in total. The summed E-state index contributed by atoms with van der Waals surface area (Å²) < 4.78 is 11.1. The van der Waals surface area contributed by atoms with E-state index in [1.54, 1.807) is 78.9 Å². The molecule has 0 fully saturated rings. The summed E-state index contributed by atoms with van der Waals surface area (Å²) in [7, 11) is 0. The van der Waals surface area contributed by atoms with Crippen LogP contribution in [0.2, 0.25) is 5.02 Å². The predicted molar refractivity (Wildman–Crippen MR) is 155 cm³/mol. The summed E-state index contributed by atoms with van der Waals surface area (Å²) in [6.45, 7) is 4.10. The number of nitrogens with zero attached hydrogens (tertiary/aromatic N) is 1. The number of rotatable bonds is 9. The second-order valence-electron chi connectivity index (χ2n) is 8.64. The highest BCUT2D eigenvalue weighted by atomic mass is 35.5. The van der Waals surface area contributed by atoms with E-state index in [0.717, 1.165) is 5.56 Å². The molecule has 4 aromatic rings. The van der Waals surface area contributed by atoms with Gasteiger partial charge in [-0.3, -0.25) is 9.59 Å². The Bertz CT molecular complexity index is 1550. The third kappa shape index (κ3) is 7.55. The fraction of sp³-hybridized carbons (Fsp3) is 0.0968. The smallest absolute Gasteiger partial charge is 0.343 e. The van der Waals surface area contributed by atoms with Crippen molar-refractivity contribution in [2.45, 2.75) is 13.8 Å². The van der Waals surface area contributed by atoms with Crippen molar-refractivity contribution in [2.75, 3.05) is 11.9 Å². The highest BCUT2D eigenvalue weighted by molar-refractivity contribution is 6.30. The maximum Gasteiger partial charge on any atom is 0.343 e. The van der Waals surface area contributed by atoms with Crippen LogP contribution in [0.15, 0.2) is 96.1 Å². The molecule has 2 N–H and O–H groups in total. The SMILES string of the molecule is CCOc1cc(C=NNC(=O)c2cccc(NC(=O)c3ccc(C)cc3)c2)ccc1OC(=O)c1ccc(Cl)cc1. The van der Waals surface area contributed by atoms with Gasteiger partial charge in [-0.25, -0.2) is 10.2 Å². The first-order chi connectivity index (χ1) is 19.3. The van der Waals surface area contributed by atoms with Gasteiger partial charge in [-0.15, -0.1) is 0 Å². The van der Waals surface area contributed by atoms with Crippen LogP contribution >= 0.6 is 11.6 Å². The molecule has 0 aliphatic heterocycles. The van der Waals surface area contributed by atoms with Gasteiger partial charge in [-0.2, -0.15) is 5.10 Å². The average Bonchev–Trinajstić information content (AvgIpc) is 2.95. The van der Waals surface area contributed by atoms with Gasteiger partial charge in [0, 0.05) is 21.8 Å². The molecular formula is C31H26ClN3O5. The summed E-state index contributed by atoms with van der Waals surface area (Å²) in [6.07, 6.45) is 1.44. The van der Waals surface area contributed by atoms with E-state index >= 15 is 0 Å². The molecule has 2 amide bonds. The van der Waals surface area contributed by atoms with Crippen molar-refractivity contribution in [2.24, 2.45) is 5.10 Å². The Morgan fingerprint density at radius 3 is 2.27 bits per heavy atom. The van der Waals surface area contributed by atoms with Crippen LogP contribution < -0.4 is 20.2 Å². The van der Waals surface area contributed by atoms with E-state index < -0.39 is 11.9 Å². The first kappa shape index (κ1) is 28.1. The van der Waals surface area contributed by atoms with E-state index in [1.807, 2.05) is 26.0 Å². The van der Waals surface area contributed by atoms with E-state index in [9.17, 15) is 14.4 Å². The molecule has 0 unspecified atom stereocenters. The van der Waals surface area contributed by atoms with Crippen LogP contribution in [0, 0.1) is 6.92 Å². The number of hydrogen-bond donors (Lipinski definition) is 2. The minimum Gasteiger partial charge on any atom is -0.490 e. The Hall–Kier alpha value is -4.95. The normalized spacial score (nSPS) is 10.7. The van der Waals surface area contributed by atoms with Crippen LogP contribution in [-0.2, 0) is 0 Å². The summed E-state index contributed by atoms with van der Waals surface area (Å²) in [6, 6.07) is 25.0. The zero-order valence-electron chi connectivity index (χ0n) is 21.8. The average molecular weight is 556 g/mol. The fourth-order valence-electron chi connectivity index (χ4n) is 3.58. The largest absolute Gasteiger partial charge is 0.490 e. The molecule has 9 heteroatoms. The van der Waals surface area contributed by atoms with Gasteiger partial charge in [0.1, 0.15) is 0 Å². The van der Waals surface area contributed by atoms with Crippen LogP contribution in [0.1, 0.15) is 49.1 Å². The van der Waals surface area contributed by atoms with E-state index in [1.165, 1.54) is 6.21 Å². The molecule has 202 valence electrons. The number of anilines is 1. The molecular weight excluding hydrogens is 530 g/mol. The number of benzene rings is 4. The standard InChI is InChI=1S/C31H26ClN3O5/c1-3-39-28-17-21(9-16-27(28)40-31(38)23-12-14-25(32)15-13-23)19-33-35-30(37)24-5-4-6-26(18-24)34-29(36)22-10-7-20(2)8-11-22/h4-19H,3H2,1-2H3,(H,34,36)(H,35,37). The van der Waals surface area contributed by atoms with Gasteiger partial charge in [0.2, 0.25) is 0 Å². The van der Waals surface area contributed by atoms with E-state index in [2.05, 4.69) is 15.8 Å². The lowest BCUT2D eigenvalue weighted by molar-refractivity contribution is 0.0728. The quantitative estimate of drug-likeness (QED) is 0.109. The minimum atomic E-state index is -0.552. The molecule has 0 heterocycles. The summed E-state index contributed by atoms with van der Waals surface area (Å²) in [5, 5.41) is 7.33. The van der Waals surface area contributed by atoms with Crippen molar-refractivity contribution in [3.05, 3.63) is 124 Å². The molecule has 0 aromatic heterocycles. The molecule has 0 aliphatic carbocycles. The third-order valence-corrected chi connectivity index (χ3v) is 5.88. The molecule has 0 atom stereocenters. The summed E-state index contributed by atoms with van der Waals surface area (Å²) in [4.78, 5) is 37.7. The number of esters is 1. The fourth-order valence-corrected chi connectivity index (χ4v) is 3.70. The van der Waals surface area contributed by atoms with E-state index in [0.29, 0.717) is 45.3 Å². The zero-order chi connectivity index (χ0) is 28.5. The number of hydrazone groups is 1. The summed E-state index contributed by atoms with van der Waals surface area (Å²) in [5.74, 6) is -0.697. The predicted octanol–water partition coefficient (Wildman–Crippen LogP) is 6.28. The van der Waals surface area contributed by atoms with Crippen LogP contribution in [-0.4, -0.2) is 30.6 Å². The first-order valence-corrected chi connectivity index (χ1v) is 12.8. The number of amides is 2. The molecule has 4 rings (SSSR count). The summed E-state index contributed by atoms with van der Waals surface area (Å²) in [5.41, 5.74) is 5.79. The molecule has 4 aromatic carbocycles. The van der Waals surface area contributed by atoms with Crippen molar-refractivity contribution in [3.63, 3.8) is 0 Å².